The van der Waals surface area contributed by atoms with Crippen molar-refractivity contribution in [1.82, 2.24) is 25.1 Å². The largest absolute Gasteiger partial charge is 0.331 e. The molecule has 0 unspecified atom stereocenters. The van der Waals surface area contributed by atoms with E-state index in [-0.39, 0.29) is 11.3 Å². The first kappa shape index (κ1) is 16.8. The summed E-state index contributed by atoms with van der Waals surface area (Å²) in [6, 6.07) is 5.82. The molecular formula is C19H24N6O. The molecule has 3 aromatic rings. The molecule has 0 saturated carbocycles. The van der Waals surface area contributed by atoms with Crippen LogP contribution in [0.5, 0.6) is 0 Å². The van der Waals surface area contributed by atoms with Crippen LogP contribution < -0.4 is 10.6 Å². The summed E-state index contributed by atoms with van der Waals surface area (Å²) >= 11 is 0. The Morgan fingerprint density at radius 1 is 1.31 bits per heavy atom. The van der Waals surface area contributed by atoms with Gasteiger partial charge in [0.05, 0.1) is 11.0 Å². The highest BCUT2D eigenvalue weighted by atomic mass is 16.1. The maximum absolute atomic E-state index is 12.7. The number of hydrogen-bond donors (Lipinski definition) is 3. The highest BCUT2D eigenvalue weighted by Gasteiger charge is 2.23. The summed E-state index contributed by atoms with van der Waals surface area (Å²) in [7, 11) is 2.02. The Kier molecular flexibility index (Phi) is 3.84. The van der Waals surface area contributed by atoms with E-state index in [0.717, 1.165) is 46.8 Å². The number of fused-ring (bicyclic) bond motifs is 2. The van der Waals surface area contributed by atoms with Gasteiger partial charge in [-0.25, -0.2) is 4.98 Å². The molecule has 0 atom stereocenters. The van der Waals surface area contributed by atoms with E-state index < -0.39 is 0 Å². The van der Waals surface area contributed by atoms with Crippen LogP contribution in [0.15, 0.2) is 18.2 Å². The Morgan fingerprint density at radius 2 is 2.12 bits per heavy atom. The lowest BCUT2D eigenvalue weighted by molar-refractivity contribution is 0.102. The molecule has 1 aromatic carbocycles. The maximum Gasteiger partial charge on any atom is 0.276 e. The molecule has 26 heavy (non-hydrogen) atoms. The number of anilines is 1. The summed E-state index contributed by atoms with van der Waals surface area (Å²) in [5.41, 5.74) is 5.07. The average molecular weight is 352 g/mol. The molecule has 1 aliphatic heterocycles. The summed E-state index contributed by atoms with van der Waals surface area (Å²) in [6.45, 7) is 8.01. The van der Waals surface area contributed by atoms with Crippen LogP contribution in [0.25, 0.3) is 11.0 Å². The van der Waals surface area contributed by atoms with Gasteiger partial charge in [0.25, 0.3) is 5.91 Å². The van der Waals surface area contributed by atoms with Crippen molar-refractivity contribution < 1.29 is 4.79 Å². The van der Waals surface area contributed by atoms with Crippen molar-refractivity contribution in [3.05, 3.63) is 41.0 Å². The van der Waals surface area contributed by atoms with Crippen LogP contribution in [-0.4, -0.2) is 32.2 Å². The molecule has 0 radical (unpaired) electrons. The molecule has 7 nitrogen and oxygen atoms in total. The molecule has 1 aliphatic rings. The fourth-order valence-electron chi connectivity index (χ4n) is 3.55. The molecule has 136 valence electrons. The highest BCUT2D eigenvalue weighted by Crippen LogP contribution is 2.27. The van der Waals surface area contributed by atoms with Crippen molar-refractivity contribution in [2.75, 3.05) is 11.9 Å². The number of aromatic nitrogens is 4. The van der Waals surface area contributed by atoms with Gasteiger partial charge in [0, 0.05) is 48.9 Å². The Morgan fingerprint density at radius 3 is 2.88 bits per heavy atom. The number of rotatable bonds is 2. The lowest BCUT2D eigenvalue weighted by Crippen LogP contribution is -2.25. The van der Waals surface area contributed by atoms with E-state index in [9.17, 15) is 4.79 Å². The fourth-order valence-corrected chi connectivity index (χ4v) is 3.55. The second kappa shape index (κ2) is 5.95. The summed E-state index contributed by atoms with van der Waals surface area (Å²) in [4.78, 5) is 17.4. The molecular weight excluding hydrogens is 328 g/mol. The first-order chi connectivity index (χ1) is 12.3. The van der Waals surface area contributed by atoms with E-state index in [1.807, 2.05) is 25.2 Å². The first-order valence-corrected chi connectivity index (χ1v) is 8.90. The van der Waals surface area contributed by atoms with Gasteiger partial charge in [-0.1, -0.05) is 20.8 Å². The third kappa shape index (κ3) is 2.78. The summed E-state index contributed by atoms with van der Waals surface area (Å²) < 4.78 is 2.11. The molecule has 3 N–H and O–H groups in total. The van der Waals surface area contributed by atoms with Crippen molar-refractivity contribution in [3.63, 3.8) is 0 Å². The van der Waals surface area contributed by atoms with E-state index in [1.165, 1.54) is 0 Å². The minimum Gasteiger partial charge on any atom is -0.331 e. The third-order valence-corrected chi connectivity index (χ3v) is 4.83. The molecule has 0 aliphatic carbocycles. The van der Waals surface area contributed by atoms with Crippen LogP contribution in [0, 0.1) is 0 Å². The second-order valence-electron chi connectivity index (χ2n) is 7.86. The minimum atomic E-state index is -0.197. The third-order valence-electron chi connectivity index (χ3n) is 4.83. The van der Waals surface area contributed by atoms with E-state index in [0.29, 0.717) is 12.2 Å². The van der Waals surface area contributed by atoms with Crippen molar-refractivity contribution in [1.29, 1.82) is 0 Å². The number of aryl methyl sites for hydroxylation is 1. The number of carbonyl (C=O) groups excluding carboxylic acids is 1. The van der Waals surface area contributed by atoms with E-state index in [1.54, 1.807) is 0 Å². The number of nitrogens with one attached hydrogen (secondary N) is 3. The van der Waals surface area contributed by atoms with E-state index in [4.69, 9.17) is 4.98 Å². The molecule has 3 heterocycles. The zero-order valence-corrected chi connectivity index (χ0v) is 15.6. The number of nitrogens with zero attached hydrogens (tertiary/aromatic N) is 3. The quantitative estimate of drug-likeness (QED) is 0.661. The summed E-state index contributed by atoms with van der Waals surface area (Å²) in [6.07, 6.45) is 0.866. The van der Waals surface area contributed by atoms with Crippen LogP contribution in [0.1, 0.15) is 48.3 Å². The molecule has 0 fully saturated rings. The van der Waals surface area contributed by atoms with Gasteiger partial charge in [-0.3, -0.25) is 9.89 Å². The predicted molar refractivity (Wildman–Crippen MR) is 101 cm³/mol. The molecule has 0 bridgehead atoms. The van der Waals surface area contributed by atoms with Crippen molar-refractivity contribution in [2.45, 2.75) is 39.2 Å². The molecule has 2 aromatic heterocycles. The number of aromatic amines is 1. The van der Waals surface area contributed by atoms with Gasteiger partial charge in [-0.2, -0.15) is 5.10 Å². The molecule has 0 spiro atoms. The maximum atomic E-state index is 12.7. The van der Waals surface area contributed by atoms with Gasteiger partial charge >= 0.3 is 0 Å². The number of hydrogen-bond acceptors (Lipinski definition) is 4. The first-order valence-electron chi connectivity index (χ1n) is 8.90. The van der Waals surface area contributed by atoms with Gasteiger partial charge in [0.1, 0.15) is 5.82 Å². The number of imidazole rings is 1. The minimum absolute atomic E-state index is 0.0434. The van der Waals surface area contributed by atoms with Crippen LogP contribution >= 0.6 is 0 Å². The van der Waals surface area contributed by atoms with E-state index in [2.05, 4.69) is 46.2 Å². The molecule has 0 saturated heterocycles. The van der Waals surface area contributed by atoms with Gasteiger partial charge < -0.3 is 15.2 Å². The van der Waals surface area contributed by atoms with Gasteiger partial charge in [-0.15, -0.1) is 0 Å². The Bertz CT molecular complexity index is 992. The normalized spacial score (nSPS) is 14.5. The Labute approximate surface area is 152 Å². The lowest BCUT2D eigenvalue weighted by Gasteiger charge is -2.17. The van der Waals surface area contributed by atoms with Gasteiger partial charge in [0.15, 0.2) is 5.69 Å². The number of benzene rings is 1. The SMILES string of the molecule is Cn1c(C(C)(C)C)nc2cc(NC(=O)c3n[nH]c4c3CNCC4)ccc21. The summed E-state index contributed by atoms with van der Waals surface area (Å²) in [5.74, 6) is 0.820. The van der Waals surface area contributed by atoms with Crippen LogP contribution in [-0.2, 0) is 25.4 Å². The second-order valence-corrected chi connectivity index (χ2v) is 7.86. The predicted octanol–water partition coefficient (Wildman–Crippen LogP) is 2.49. The van der Waals surface area contributed by atoms with Gasteiger partial charge in [0.2, 0.25) is 0 Å². The topological polar surface area (TPSA) is 87.6 Å². The van der Waals surface area contributed by atoms with Crippen LogP contribution in [0.3, 0.4) is 0 Å². The monoisotopic (exact) mass is 352 g/mol. The zero-order valence-electron chi connectivity index (χ0n) is 15.6. The van der Waals surface area contributed by atoms with Crippen LogP contribution in [0.4, 0.5) is 5.69 Å². The Balaban J connectivity index is 1.63. The zero-order chi connectivity index (χ0) is 18.5. The molecule has 4 rings (SSSR count). The lowest BCUT2D eigenvalue weighted by atomic mass is 9.96. The summed E-state index contributed by atoms with van der Waals surface area (Å²) in [5, 5.41) is 13.4. The van der Waals surface area contributed by atoms with Gasteiger partial charge in [-0.05, 0) is 18.2 Å². The standard InChI is InChI=1S/C19H24N6O/c1-19(2,3)18-22-14-9-11(5-6-15(14)25(18)4)21-17(26)16-12-10-20-8-7-13(12)23-24-16/h5-6,9,20H,7-8,10H2,1-4H3,(H,21,26)(H,23,24). The van der Waals surface area contributed by atoms with Crippen molar-refractivity contribution in [2.24, 2.45) is 7.05 Å². The Hall–Kier alpha value is -2.67. The van der Waals surface area contributed by atoms with Crippen molar-refractivity contribution >= 4 is 22.6 Å². The molecule has 7 heteroatoms. The number of H-pyrrole nitrogens is 1. The average Bonchev–Trinajstić information content (AvgIpc) is 3.16. The smallest absolute Gasteiger partial charge is 0.276 e. The number of amides is 1. The van der Waals surface area contributed by atoms with Crippen molar-refractivity contribution in [3.8, 4) is 0 Å². The molecule has 1 amide bonds. The number of carbonyl (C=O) groups is 1. The highest BCUT2D eigenvalue weighted by molar-refractivity contribution is 6.04. The fraction of sp³-hybridized carbons (Fsp3) is 0.421. The van der Waals surface area contributed by atoms with E-state index >= 15 is 0 Å². The van der Waals surface area contributed by atoms with Crippen LogP contribution in [0.2, 0.25) is 0 Å².